The summed E-state index contributed by atoms with van der Waals surface area (Å²) in [5.41, 5.74) is 2.75. The Morgan fingerprint density at radius 3 is 2.69 bits per heavy atom. The van der Waals surface area contributed by atoms with E-state index in [9.17, 15) is 9.59 Å². The molecule has 1 N–H and O–H groups in total. The maximum absolute atomic E-state index is 12.9. The quantitative estimate of drug-likeness (QED) is 0.795. The number of oxazole rings is 1. The van der Waals surface area contributed by atoms with E-state index in [0.29, 0.717) is 30.4 Å². The van der Waals surface area contributed by atoms with Gasteiger partial charge < -0.3 is 19.3 Å². The topological polar surface area (TPSA) is 104 Å². The lowest BCUT2D eigenvalue weighted by Crippen LogP contribution is -2.61. The molecule has 2 saturated heterocycles. The number of aryl methyl sites for hydroxylation is 2. The highest BCUT2D eigenvalue weighted by atomic mass is 16.4. The van der Waals surface area contributed by atoms with Crippen molar-refractivity contribution >= 4 is 18.3 Å². The number of rotatable bonds is 3. The number of amides is 2. The maximum atomic E-state index is 12.9. The molecule has 2 aliphatic heterocycles. The molecule has 0 bridgehead atoms. The van der Waals surface area contributed by atoms with Crippen molar-refractivity contribution in [3.8, 4) is 11.5 Å². The largest absolute Gasteiger partial charge is 0.483 e. The Labute approximate surface area is 169 Å². The van der Waals surface area contributed by atoms with Crippen LogP contribution in [0.3, 0.4) is 0 Å². The third-order valence-electron chi connectivity index (χ3n) is 5.41. The number of carbonyl (C=O) groups is 3. The summed E-state index contributed by atoms with van der Waals surface area (Å²) in [6.45, 7) is 6.41. The number of carbonyl (C=O) groups excluding carboxylic acids is 2. The number of carboxylic acid groups (broad SMARTS) is 1. The van der Waals surface area contributed by atoms with Gasteiger partial charge in [0.05, 0.1) is 6.54 Å². The molecule has 3 heterocycles. The average molecular weight is 399 g/mol. The normalized spacial score (nSPS) is 20.9. The summed E-state index contributed by atoms with van der Waals surface area (Å²) < 4.78 is 5.84. The van der Waals surface area contributed by atoms with Gasteiger partial charge in [0, 0.05) is 12.1 Å². The van der Waals surface area contributed by atoms with Crippen LogP contribution >= 0.6 is 0 Å². The van der Waals surface area contributed by atoms with Crippen LogP contribution in [-0.4, -0.2) is 56.8 Å². The Balaban J connectivity index is 0.000000755. The first-order valence-electron chi connectivity index (χ1n) is 9.59. The Morgan fingerprint density at radius 1 is 1.28 bits per heavy atom. The smallest absolute Gasteiger partial charge is 0.290 e. The molecule has 0 aliphatic carbocycles. The minimum Gasteiger partial charge on any atom is -0.483 e. The second kappa shape index (κ2) is 8.46. The Morgan fingerprint density at radius 2 is 2.00 bits per heavy atom. The van der Waals surface area contributed by atoms with Crippen LogP contribution in [0.5, 0.6) is 0 Å². The fourth-order valence-corrected chi connectivity index (χ4v) is 3.90. The van der Waals surface area contributed by atoms with E-state index in [2.05, 4.69) is 4.98 Å². The molecule has 154 valence electrons. The van der Waals surface area contributed by atoms with Gasteiger partial charge in [0.15, 0.2) is 0 Å². The summed E-state index contributed by atoms with van der Waals surface area (Å²) in [5.74, 6) is 1.29. The molecule has 4 rings (SSSR count). The molecule has 2 atom stereocenters. The van der Waals surface area contributed by atoms with E-state index in [1.807, 2.05) is 38.1 Å². The van der Waals surface area contributed by atoms with Crippen molar-refractivity contribution in [2.45, 2.75) is 52.2 Å². The summed E-state index contributed by atoms with van der Waals surface area (Å²) in [7, 11) is 0. The minimum atomic E-state index is -0.463. The predicted molar refractivity (Wildman–Crippen MR) is 105 cm³/mol. The third kappa shape index (κ3) is 4.01. The zero-order chi connectivity index (χ0) is 21.1. The number of fused-ring (bicyclic) bond motifs is 1. The van der Waals surface area contributed by atoms with Crippen LogP contribution in [0, 0.1) is 13.8 Å². The lowest BCUT2D eigenvalue weighted by molar-refractivity contribution is -0.159. The highest BCUT2D eigenvalue weighted by molar-refractivity contribution is 5.97. The SMILES string of the molecule is Cc1cccc(-c2nc(CN3C(=O)[C@@H]4CCCN4C(=O)[C@@H]3C)c(C)o2)c1.O=CO. The highest BCUT2D eigenvalue weighted by Gasteiger charge is 2.46. The van der Waals surface area contributed by atoms with E-state index < -0.39 is 6.04 Å². The van der Waals surface area contributed by atoms with Crippen LogP contribution in [0.2, 0.25) is 0 Å². The van der Waals surface area contributed by atoms with Crippen molar-refractivity contribution in [2.24, 2.45) is 0 Å². The zero-order valence-electron chi connectivity index (χ0n) is 16.8. The second-order valence-corrected chi connectivity index (χ2v) is 7.33. The first kappa shape index (κ1) is 20.6. The Bertz CT molecular complexity index is 923. The molecule has 8 nitrogen and oxygen atoms in total. The van der Waals surface area contributed by atoms with Gasteiger partial charge in [0.2, 0.25) is 17.7 Å². The van der Waals surface area contributed by atoms with Gasteiger partial charge in [0.1, 0.15) is 23.5 Å². The van der Waals surface area contributed by atoms with E-state index in [1.165, 1.54) is 0 Å². The van der Waals surface area contributed by atoms with Gasteiger partial charge in [-0.05, 0) is 45.7 Å². The van der Waals surface area contributed by atoms with Crippen molar-refractivity contribution in [1.82, 2.24) is 14.8 Å². The second-order valence-electron chi connectivity index (χ2n) is 7.33. The standard InChI is InChI=1S/C20H23N3O3.CH2O2/c1-12-6-4-7-15(10-12)18-21-16(14(3)26-18)11-23-13(2)19(24)22-9-5-8-17(22)20(23)25;2-1-3/h4,6-7,10,13,17H,5,8-9,11H2,1-3H3;1H,(H,2,3)/t13-,17-;/m0./s1. The van der Waals surface area contributed by atoms with Crippen LogP contribution in [0.1, 0.15) is 36.8 Å². The molecule has 1 aromatic carbocycles. The fourth-order valence-electron chi connectivity index (χ4n) is 3.90. The molecule has 1 aromatic heterocycles. The molecule has 0 radical (unpaired) electrons. The van der Waals surface area contributed by atoms with Crippen LogP contribution in [0.25, 0.3) is 11.5 Å². The van der Waals surface area contributed by atoms with Gasteiger partial charge in [-0.3, -0.25) is 14.4 Å². The van der Waals surface area contributed by atoms with E-state index in [-0.39, 0.29) is 24.3 Å². The number of hydrogen-bond donors (Lipinski definition) is 1. The summed E-state index contributed by atoms with van der Waals surface area (Å²) in [6, 6.07) is 7.19. The molecule has 0 saturated carbocycles. The molecule has 2 amide bonds. The number of nitrogens with zero attached hydrogens (tertiary/aromatic N) is 3. The van der Waals surface area contributed by atoms with Gasteiger partial charge in [0.25, 0.3) is 6.47 Å². The summed E-state index contributed by atoms with van der Waals surface area (Å²) in [4.78, 5) is 41.8. The van der Waals surface area contributed by atoms with Crippen LogP contribution in [0.15, 0.2) is 28.7 Å². The molecule has 29 heavy (non-hydrogen) atoms. The Kier molecular flexibility index (Phi) is 6.00. The van der Waals surface area contributed by atoms with Crippen molar-refractivity contribution in [2.75, 3.05) is 6.54 Å². The summed E-state index contributed by atoms with van der Waals surface area (Å²) >= 11 is 0. The van der Waals surface area contributed by atoms with Crippen molar-refractivity contribution < 1.29 is 23.9 Å². The Hall–Kier alpha value is -3.16. The fraction of sp³-hybridized carbons (Fsp3) is 0.429. The molecular formula is C21H25N3O5. The number of piperazine rings is 1. The molecule has 2 fully saturated rings. The van der Waals surface area contributed by atoms with E-state index >= 15 is 0 Å². The lowest BCUT2D eigenvalue weighted by Gasteiger charge is -2.40. The minimum absolute atomic E-state index is 0.0223. The van der Waals surface area contributed by atoms with Crippen molar-refractivity contribution in [3.05, 3.63) is 41.3 Å². The van der Waals surface area contributed by atoms with Gasteiger partial charge in [-0.15, -0.1) is 0 Å². The molecule has 2 aliphatic rings. The molecule has 2 aromatic rings. The molecular weight excluding hydrogens is 374 g/mol. The van der Waals surface area contributed by atoms with Gasteiger partial charge in [-0.2, -0.15) is 0 Å². The monoisotopic (exact) mass is 399 g/mol. The zero-order valence-corrected chi connectivity index (χ0v) is 16.8. The first-order valence-corrected chi connectivity index (χ1v) is 9.59. The predicted octanol–water partition coefficient (Wildman–Crippen LogP) is 2.38. The van der Waals surface area contributed by atoms with E-state index in [1.54, 1.807) is 16.7 Å². The number of hydrogen-bond acceptors (Lipinski definition) is 5. The van der Waals surface area contributed by atoms with E-state index in [4.69, 9.17) is 14.3 Å². The van der Waals surface area contributed by atoms with Crippen LogP contribution in [-0.2, 0) is 20.9 Å². The summed E-state index contributed by atoms with van der Waals surface area (Å²) in [6.07, 6.45) is 1.64. The van der Waals surface area contributed by atoms with Gasteiger partial charge in [-0.25, -0.2) is 4.98 Å². The summed E-state index contributed by atoms with van der Waals surface area (Å²) in [5, 5.41) is 6.89. The van der Waals surface area contributed by atoms with Gasteiger partial charge in [-0.1, -0.05) is 17.7 Å². The molecule has 0 unspecified atom stereocenters. The third-order valence-corrected chi connectivity index (χ3v) is 5.41. The van der Waals surface area contributed by atoms with E-state index in [0.717, 1.165) is 24.0 Å². The van der Waals surface area contributed by atoms with Crippen molar-refractivity contribution in [1.29, 1.82) is 0 Å². The lowest BCUT2D eigenvalue weighted by atomic mass is 10.1. The van der Waals surface area contributed by atoms with Crippen LogP contribution in [0.4, 0.5) is 0 Å². The molecule has 8 heteroatoms. The average Bonchev–Trinajstić information content (AvgIpc) is 3.31. The maximum Gasteiger partial charge on any atom is 0.290 e. The molecule has 0 spiro atoms. The van der Waals surface area contributed by atoms with Crippen LogP contribution < -0.4 is 0 Å². The van der Waals surface area contributed by atoms with Crippen molar-refractivity contribution in [3.63, 3.8) is 0 Å². The van der Waals surface area contributed by atoms with Gasteiger partial charge >= 0.3 is 0 Å². The number of aromatic nitrogens is 1. The highest BCUT2D eigenvalue weighted by Crippen LogP contribution is 2.29. The first-order chi connectivity index (χ1) is 13.9. The number of benzene rings is 1.